The molecule has 2 aliphatic rings. The largest absolute Gasteiger partial charge is 0.338 e. The van der Waals surface area contributed by atoms with Gasteiger partial charge in [-0.1, -0.05) is 36.4 Å². The maximum absolute atomic E-state index is 12.9. The van der Waals surface area contributed by atoms with Gasteiger partial charge >= 0.3 is 0 Å². The van der Waals surface area contributed by atoms with Gasteiger partial charge in [0.1, 0.15) is 0 Å². The summed E-state index contributed by atoms with van der Waals surface area (Å²) in [5.74, 6) is -0.783. The molecule has 0 aromatic heterocycles. The predicted octanol–water partition coefficient (Wildman–Crippen LogP) is 4.25. The zero-order chi connectivity index (χ0) is 24.4. The summed E-state index contributed by atoms with van der Waals surface area (Å²) in [7, 11) is 0. The molecule has 7 nitrogen and oxygen atoms in total. The standard InChI is InChI=1S/C28H25N3O4/c32-25-13-3-4-14-30(25)17-20-8-6-10-22(16-20)29-26(33)21-9-5-7-19(15-21)18-31-27(34)23-11-1-2-12-24(23)28(31)35/h1-2,5-12,15-16H,3-4,13-14,17-18H2,(H,29,33). The third-order valence-corrected chi connectivity index (χ3v) is 6.39. The van der Waals surface area contributed by atoms with Gasteiger partial charge in [-0.05, 0) is 60.4 Å². The molecule has 0 atom stereocenters. The van der Waals surface area contributed by atoms with Gasteiger partial charge in [-0.15, -0.1) is 0 Å². The number of hydrogen-bond acceptors (Lipinski definition) is 4. The number of benzene rings is 3. The first-order chi connectivity index (χ1) is 17.0. The molecule has 3 aromatic carbocycles. The van der Waals surface area contributed by atoms with E-state index in [0.717, 1.165) is 24.9 Å². The first-order valence-electron chi connectivity index (χ1n) is 11.7. The van der Waals surface area contributed by atoms with Crippen LogP contribution in [0.25, 0.3) is 0 Å². The van der Waals surface area contributed by atoms with E-state index in [1.54, 1.807) is 48.5 Å². The third-order valence-electron chi connectivity index (χ3n) is 6.39. The van der Waals surface area contributed by atoms with Crippen LogP contribution in [0.3, 0.4) is 0 Å². The van der Waals surface area contributed by atoms with Crippen molar-refractivity contribution in [3.8, 4) is 0 Å². The van der Waals surface area contributed by atoms with Crippen LogP contribution in [0.2, 0.25) is 0 Å². The molecule has 2 heterocycles. The van der Waals surface area contributed by atoms with Gasteiger partial charge in [0.25, 0.3) is 17.7 Å². The molecule has 1 N–H and O–H groups in total. The highest BCUT2D eigenvalue weighted by molar-refractivity contribution is 6.21. The van der Waals surface area contributed by atoms with E-state index < -0.39 is 0 Å². The van der Waals surface area contributed by atoms with Crippen LogP contribution in [-0.4, -0.2) is 40.0 Å². The highest BCUT2D eigenvalue weighted by Gasteiger charge is 2.35. The van der Waals surface area contributed by atoms with Crippen LogP contribution in [0.5, 0.6) is 0 Å². The Balaban J connectivity index is 1.26. The molecular formula is C28H25N3O4. The fraction of sp³-hybridized carbons (Fsp3) is 0.214. The summed E-state index contributed by atoms with van der Waals surface area (Å²) in [6, 6.07) is 21.2. The predicted molar refractivity (Wildman–Crippen MR) is 131 cm³/mol. The molecule has 5 rings (SSSR count). The fourth-order valence-electron chi connectivity index (χ4n) is 4.58. The molecule has 1 saturated heterocycles. The van der Waals surface area contributed by atoms with Crippen molar-refractivity contribution in [3.63, 3.8) is 0 Å². The van der Waals surface area contributed by atoms with Crippen molar-refractivity contribution in [2.45, 2.75) is 32.4 Å². The molecule has 0 unspecified atom stereocenters. The molecule has 3 aromatic rings. The molecule has 1 fully saturated rings. The zero-order valence-electron chi connectivity index (χ0n) is 19.2. The number of rotatable bonds is 6. The number of amides is 4. The smallest absolute Gasteiger partial charge is 0.261 e. The van der Waals surface area contributed by atoms with E-state index >= 15 is 0 Å². The Labute approximate surface area is 203 Å². The van der Waals surface area contributed by atoms with Gasteiger partial charge in [0.2, 0.25) is 5.91 Å². The summed E-state index contributed by atoms with van der Waals surface area (Å²) in [5, 5.41) is 2.91. The summed E-state index contributed by atoms with van der Waals surface area (Å²) in [5.41, 5.74) is 3.51. The number of nitrogens with zero attached hydrogens (tertiary/aromatic N) is 2. The summed E-state index contributed by atoms with van der Waals surface area (Å²) in [4.78, 5) is 53.4. The lowest BCUT2D eigenvalue weighted by Gasteiger charge is -2.26. The summed E-state index contributed by atoms with van der Waals surface area (Å²) >= 11 is 0. The number of fused-ring (bicyclic) bond motifs is 1. The highest BCUT2D eigenvalue weighted by Crippen LogP contribution is 2.25. The first kappa shape index (κ1) is 22.5. The minimum Gasteiger partial charge on any atom is -0.338 e. The highest BCUT2D eigenvalue weighted by atomic mass is 16.2. The van der Waals surface area contributed by atoms with Crippen LogP contribution in [0.4, 0.5) is 5.69 Å². The minimum atomic E-state index is -0.329. The third kappa shape index (κ3) is 4.71. The second kappa shape index (κ2) is 9.54. The van der Waals surface area contributed by atoms with Gasteiger partial charge in [-0.2, -0.15) is 0 Å². The number of hydrogen-bond donors (Lipinski definition) is 1. The van der Waals surface area contributed by atoms with Crippen molar-refractivity contribution in [3.05, 3.63) is 101 Å². The maximum Gasteiger partial charge on any atom is 0.261 e. The Morgan fingerprint density at radius 2 is 1.46 bits per heavy atom. The second-order valence-electron chi connectivity index (χ2n) is 8.87. The van der Waals surface area contributed by atoms with E-state index in [4.69, 9.17) is 0 Å². The molecule has 176 valence electrons. The van der Waals surface area contributed by atoms with E-state index in [-0.39, 0.29) is 30.2 Å². The van der Waals surface area contributed by atoms with Crippen LogP contribution in [0.1, 0.15) is 61.5 Å². The molecule has 0 radical (unpaired) electrons. The number of anilines is 1. The van der Waals surface area contributed by atoms with Crippen molar-refractivity contribution in [2.24, 2.45) is 0 Å². The van der Waals surface area contributed by atoms with Crippen molar-refractivity contribution in [1.82, 2.24) is 9.80 Å². The normalized spacial score (nSPS) is 15.4. The van der Waals surface area contributed by atoms with E-state index in [1.165, 1.54) is 4.90 Å². The molecular weight excluding hydrogens is 442 g/mol. The molecule has 35 heavy (non-hydrogen) atoms. The van der Waals surface area contributed by atoms with Gasteiger partial charge in [-0.3, -0.25) is 24.1 Å². The average molecular weight is 468 g/mol. The van der Waals surface area contributed by atoms with Crippen molar-refractivity contribution in [1.29, 1.82) is 0 Å². The molecule has 2 aliphatic heterocycles. The van der Waals surface area contributed by atoms with E-state index in [9.17, 15) is 19.2 Å². The average Bonchev–Trinajstić information content (AvgIpc) is 3.11. The van der Waals surface area contributed by atoms with Crippen LogP contribution in [0, 0.1) is 0 Å². The zero-order valence-corrected chi connectivity index (χ0v) is 19.2. The Bertz CT molecular complexity index is 1300. The van der Waals surface area contributed by atoms with Gasteiger partial charge in [0.05, 0.1) is 17.7 Å². The molecule has 0 aliphatic carbocycles. The minimum absolute atomic E-state index is 0.0901. The van der Waals surface area contributed by atoms with Crippen LogP contribution in [0.15, 0.2) is 72.8 Å². The van der Waals surface area contributed by atoms with E-state index in [0.29, 0.717) is 40.9 Å². The van der Waals surface area contributed by atoms with E-state index in [1.807, 2.05) is 29.2 Å². The lowest BCUT2D eigenvalue weighted by molar-refractivity contribution is -0.133. The fourth-order valence-corrected chi connectivity index (χ4v) is 4.58. The second-order valence-corrected chi connectivity index (χ2v) is 8.87. The number of likely N-dealkylation sites (tertiary alicyclic amines) is 1. The molecule has 4 amide bonds. The number of piperidine rings is 1. The number of carbonyl (C=O) groups excluding carboxylic acids is 4. The lowest BCUT2D eigenvalue weighted by Crippen LogP contribution is -2.34. The molecule has 0 saturated carbocycles. The lowest BCUT2D eigenvalue weighted by atomic mass is 10.1. The maximum atomic E-state index is 12.9. The molecule has 0 bridgehead atoms. The topological polar surface area (TPSA) is 86.8 Å². The Kier molecular flexibility index (Phi) is 6.14. The molecule has 0 spiro atoms. The Hall–Kier alpha value is -4.26. The van der Waals surface area contributed by atoms with Gasteiger partial charge in [0.15, 0.2) is 0 Å². The van der Waals surface area contributed by atoms with Gasteiger partial charge < -0.3 is 10.2 Å². The monoisotopic (exact) mass is 467 g/mol. The van der Waals surface area contributed by atoms with Crippen molar-refractivity contribution in [2.75, 3.05) is 11.9 Å². The summed E-state index contributed by atoms with van der Waals surface area (Å²) < 4.78 is 0. The Morgan fingerprint density at radius 1 is 0.771 bits per heavy atom. The van der Waals surface area contributed by atoms with Crippen LogP contribution >= 0.6 is 0 Å². The van der Waals surface area contributed by atoms with Crippen LogP contribution < -0.4 is 5.32 Å². The summed E-state index contributed by atoms with van der Waals surface area (Å²) in [6.45, 7) is 1.38. The van der Waals surface area contributed by atoms with Gasteiger partial charge in [-0.25, -0.2) is 0 Å². The summed E-state index contributed by atoms with van der Waals surface area (Å²) in [6.07, 6.45) is 2.55. The number of imide groups is 1. The van der Waals surface area contributed by atoms with Crippen molar-refractivity contribution >= 4 is 29.3 Å². The van der Waals surface area contributed by atoms with Gasteiger partial charge in [0, 0.05) is 30.8 Å². The SMILES string of the molecule is O=C(Nc1cccc(CN2CCCCC2=O)c1)c1cccc(CN2C(=O)c3ccccc3C2=O)c1. The molecule has 7 heteroatoms. The van der Waals surface area contributed by atoms with E-state index in [2.05, 4.69) is 5.32 Å². The number of nitrogens with one attached hydrogen (secondary N) is 1. The number of carbonyl (C=O) groups is 4. The van der Waals surface area contributed by atoms with Crippen LogP contribution in [-0.2, 0) is 17.9 Å². The van der Waals surface area contributed by atoms with Crippen molar-refractivity contribution < 1.29 is 19.2 Å². The first-order valence-corrected chi connectivity index (χ1v) is 11.7. The quantitative estimate of drug-likeness (QED) is 0.549. The Morgan fingerprint density at radius 3 is 2.17 bits per heavy atom.